The molecule has 0 aliphatic carbocycles. The van der Waals surface area contributed by atoms with Gasteiger partial charge >= 0.3 is 0 Å². The number of hydrogen-bond acceptors (Lipinski definition) is 3. The predicted molar refractivity (Wildman–Crippen MR) is 293 cm³/mol. The molecule has 1 aromatic heterocycles. The third-order valence-corrected chi connectivity index (χ3v) is 14.6. The van der Waals surface area contributed by atoms with E-state index in [1.54, 1.807) is 0 Å². The van der Waals surface area contributed by atoms with Gasteiger partial charge in [0.15, 0.2) is 0 Å². The average Bonchev–Trinajstić information content (AvgIpc) is 3.43. The summed E-state index contributed by atoms with van der Waals surface area (Å²) in [6, 6.07) is 88.3. The van der Waals surface area contributed by atoms with Gasteiger partial charge in [-0.3, -0.25) is 0 Å². The van der Waals surface area contributed by atoms with Crippen LogP contribution in [0.3, 0.4) is 0 Å². The van der Waals surface area contributed by atoms with E-state index in [1.807, 2.05) is 12.1 Å². The molecule has 0 N–H and O–H groups in total. The Morgan fingerprint density at radius 3 is 1.60 bits per heavy atom. The second-order valence-corrected chi connectivity index (χ2v) is 18.5. The highest BCUT2D eigenvalue weighted by Crippen LogP contribution is 2.50. The van der Waals surface area contributed by atoms with Crippen molar-refractivity contribution in [3.63, 3.8) is 0 Å². The monoisotopic (exact) mass is 887 g/mol. The molecule has 0 atom stereocenters. The number of pyridine rings is 1. The second-order valence-electron chi connectivity index (χ2n) is 18.5. The molecule has 12 aromatic carbocycles. The molecule has 0 bridgehead atoms. The van der Waals surface area contributed by atoms with Gasteiger partial charge in [0.2, 0.25) is 0 Å². The van der Waals surface area contributed by atoms with Gasteiger partial charge in [-0.2, -0.15) is 5.26 Å². The maximum atomic E-state index is 10.3. The molecular formula is C67H41N3. The van der Waals surface area contributed by atoms with Crippen molar-refractivity contribution < 1.29 is 0 Å². The van der Waals surface area contributed by atoms with E-state index < -0.39 is 0 Å². The van der Waals surface area contributed by atoms with E-state index in [0.29, 0.717) is 5.56 Å². The summed E-state index contributed by atoms with van der Waals surface area (Å²) >= 11 is 0. The van der Waals surface area contributed by atoms with E-state index in [1.165, 1.54) is 87.1 Å². The van der Waals surface area contributed by atoms with E-state index in [0.717, 1.165) is 56.9 Å². The lowest BCUT2D eigenvalue weighted by Crippen LogP contribution is -2.20. The summed E-state index contributed by atoms with van der Waals surface area (Å²) in [6.07, 6.45) is 0. The zero-order chi connectivity index (χ0) is 46.3. The summed E-state index contributed by atoms with van der Waals surface area (Å²) < 4.78 is 0. The van der Waals surface area contributed by atoms with Crippen molar-refractivity contribution in [2.75, 3.05) is 4.90 Å². The van der Waals surface area contributed by atoms with Crippen molar-refractivity contribution in [1.29, 1.82) is 5.26 Å². The van der Waals surface area contributed by atoms with E-state index in [-0.39, 0.29) is 0 Å². The third-order valence-electron chi connectivity index (χ3n) is 14.6. The van der Waals surface area contributed by atoms with Gasteiger partial charge in [-0.1, -0.05) is 176 Å². The van der Waals surface area contributed by atoms with Gasteiger partial charge in [0.1, 0.15) is 0 Å². The molecule has 0 amide bonds. The van der Waals surface area contributed by atoms with Gasteiger partial charge in [0.05, 0.1) is 23.0 Å². The van der Waals surface area contributed by atoms with Crippen LogP contribution in [-0.4, -0.2) is 4.98 Å². The summed E-state index contributed by atoms with van der Waals surface area (Å²) in [5.74, 6) is 0. The van der Waals surface area contributed by atoms with Crippen molar-refractivity contribution in [2.45, 2.75) is 6.54 Å². The van der Waals surface area contributed by atoms with Crippen molar-refractivity contribution >= 4 is 76.0 Å². The lowest BCUT2D eigenvalue weighted by atomic mass is 9.82. The second kappa shape index (κ2) is 15.9. The number of aromatic nitrogens is 1. The molecular weight excluding hydrogens is 847 g/mol. The van der Waals surface area contributed by atoms with Crippen LogP contribution in [0.2, 0.25) is 0 Å². The Bertz CT molecular complexity index is 4340. The highest BCUT2D eigenvalue weighted by atomic mass is 15.1. The Kier molecular flexibility index (Phi) is 9.02. The summed E-state index contributed by atoms with van der Waals surface area (Å²) in [5.41, 5.74) is 15.3. The minimum atomic E-state index is 0.701. The highest BCUT2D eigenvalue weighted by Gasteiger charge is 2.26. The number of para-hydroxylation sites is 1. The van der Waals surface area contributed by atoms with Crippen LogP contribution in [0.15, 0.2) is 237 Å². The quantitative estimate of drug-likeness (QED) is 0.123. The first kappa shape index (κ1) is 39.8. The molecule has 0 saturated heterocycles. The van der Waals surface area contributed by atoms with Crippen LogP contribution in [0.1, 0.15) is 11.1 Å². The van der Waals surface area contributed by atoms with Crippen LogP contribution >= 0.6 is 0 Å². The summed E-state index contributed by atoms with van der Waals surface area (Å²) in [4.78, 5) is 7.68. The van der Waals surface area contributed by atoms with E-state index >= 15 is 0 Å². The fraction of sp³-hybridized carbons (Fsp3) is 0.0149. The molecule has 13 aromatic rings. The zero-order valence-corrected chi connectivity index (χ0v) is 38.1. The summed E-state index contributed by atoms with van der Waals surface area (Å²) in [7, 11) is 0. The maximum Gasteiger partial charge on any atom is 0.0998 e. The number of rotatable bonds is 6. The molecule has 2 heterocycles. The van der Waals surface area contributed by atoms with E-state index in [2.05, 4.69) is 235 Å². The number of benzene rings is 12. The molecule has 0 fully saturated rings. The van der Waals surface area contributed by atoms with Gasteiger partial charge < -0.3 is 4.90 Å². The summed E-state index contributed by atoms with van der Waals surface area (Å²) in [6.45, 7) is 0.726. The largest absolute Gasteiger partial charge is 0.336 e. The molecule has 1 aliphatic rings. The van der Waals surface area contributed by atoms with Crippen LogP contribution in [0.25, 0.3) is 121 Å². The van der Waals surface area contributed by atoms with Crippen LogP contribution in [0.4, 0.5) is 11.4 Å². The number of fused-ring (bicyclic) bond motifs is 4. The minimum Gasteiger partial charge on any atom is -0.336 e. The Morgan fingerprint density at radius 2 is 0.929 bits per heavy atom. The average molecular weight is 888 g/mol. The standard InChI is InChI=1S/C67H41N3/c68-40-51-26-27-52-41-70(53-18-5-2-6-19-53)63-35-34-54(56-33-32-55(51)66(52)67(56)63)47-28-30-57-59(38-47)64(49-24-22-42-12-7-9-16-45(42)36-49)58-31-29-48(62-21-11-20-61(69-62)44-14-3-1-4-15-44)39-60(58)65(57)50-25-23-43-13-8-10-17-46(43)37-50/h1-39H,41H2. The van der Waals surface area contributed by atoms with E-state index in [4.69, 9.17) is 4.98 Å². The van der Waals surface area contributed by atoms with Gasteiger partial charge in [-0.25, -0.2) is 4.98 Å². The molecule has 70 heavy (non-hydrogen) atoms. The van der Waals surface area contributed by atoms with Gasteiger partial charge in [0, 0.05) is 39.8 Å². The van der Waals surface area contributed by atoms with Crippen LogP contribution < -0.4 is 4.90 Å². The Morgan fingerprint density at radius 1 is 0.371 bits per heavy atom. The fourth-order valence-electron chi connectivity index (χ4n) is 11.4. The lowest BCUT2D eigenvalue weighted by Gasteiger charge is -2.32. The van der Waals surface area contributed by atoms with Gasteiger partial charge in [-0.15, -0.1) is 0 Å². The predicted octanol–water partition coefficient (Wildman–Crippen LogP) is 17.9. The molecule has 0 saturated carbocycles. The molecule has 324 valence electrons. The molecule has 0 unspecified atom stereocenters. The lowest BCUT2D eigenvalue weighted by molar-refractivity contribution is 0.982. The smallest absolute Gasteiger partial charge is 0.0998 e. The summed E-state index contributed by atoms with van der Waals surface area (Å²) in [5, 5.41) is 24.4. The number of nitriles is 1. The molecule has 1 aliphatic heterocycles. The number of nitrogens with zero attached hydrogens (tertiary/aromatic N) is 3. The first-order valence-electron chi connectivity index (χ1n) is 23.9. The van der Waals surface area contributed by atoms with Gasteiger partial charge in [-0.05, 0) is 153 Å². The zero-order valence-electron chi connectivity index (χ0n) is 38.1. The van der Waals surface area contributed by atoms with Crippen LogP contribution in [0.5, 0.6) is 0 Å². The van der Waals surface area contributed by atoms with Crippen molar-refractivity contribution in [3.8, 4) is 62.0 Å². The maximum absolute atomic E-state index is 10.3. The topological polar surface area (TPSA) is 39.9 Å². The molecule has 0 spiro atoms. The molecule has 3 nitrogen and oxygen atoms in total. The van der Waals surface area contributed by atoms with Crippen molar-refractivity contribution in [1.82, 2.24) is 4.98 Å². The Hall–Kier alpha value is -9.36. The minimum absolute atomic E-state index is 0.701. The first-order valence-corrected chi connectivity index (χ1v) is 23.9. The van der Waals surface area contributed by atoms with E-state index in [9.17, 15) is 5.26 Å². The Balaban J connectivity index is 1.07. The molecule has 3 heteroatoms. The fourth-order valence-corrected chi connectivity index (χ4v) is 11.4. The first-order chi connectivity index (χ1) is 34.6. The van der Waals surface area contributed by atoms with Crippen LogP contribution in [-0.2, 0) is 6.54 Å². The van der Waals surface area contributed by atoms with Gasteiger partial charge in [0.25, 0.3) is 0 Å². The van der Waals surface area contributed by atoms with Crippen molar-refractivity contribution in [3.05, 3.63) is 248 Å². The molecule has 14 rings (SSSR count). The highest BCUT2D eigenvalue weighted by molar-refractivity contribution is 6.25. The molecule has 0 radical (unpaired) electrons. The SMILES string of the molecule is N#Cc1ccc2c3c1ccc1c(-c4ccc5c(-c6ccc7ccccc7c6)c6cc(-c7cccc(-c8ccccc8)n7)ccc6c(-c6ccc7ccccc7c6)c5c4)ccc(c13)N(c1ccccc1)C2. The number of anilines is 2. The third kappa shape index (κ3) is 6.32. The number of hydrogen-bond donors (Lipinski definition) is 0. The van der Waals surface area contributed by atoms with Crippen LogP contribution in [0, 0.1) is 11.3 Å². The van der Waals surface area contributed by atoms with Crippen molar-refractivity contribution in [2.24, 2.45) is 0 Å². The Labute approximate surface area is 405 Å². The normalized spacial score (nSPS) is 12.2.